The van der Waals surface area contributed by atoms with Crippen molar-refractivity contribution in [2.24, 2.45) is 0 Å². The summed E-state index contributed by atoms with van der Waals surface area (Å²) in [4.78, 5) is 7.22. The van der Waals surface area contributed by atoms with Crippen molar-refractivity contribution >= 4 is 28.6 Å². The first-order valence-electron chi connectivity index (χ1n) is 4.26. The summed E-state index contributed by atoms with van der Waals surface area (Å²) in [5.41, 5.74) is 0.959. The summed E-state index contributed by atoms with van der Waals surface area (Å²) < 4.78 is 0.781. The number of halogens is 1. The maximum absolute atomic E-state index is 5.97. The van der Waals surface area contributed by atoms with Gasteiger partial charge in [0, 0.05) is 12.4 Å². The molecule has 2 aromatic heterocycles. The maximum Gasteiger partial charge on any atom is 0.128 e. The third kappa shape index (κ3) is 1.91. The van der Waals surface area contributed by atoms with Crippen LogP contribution in [0.4, 0.5) is 5.69 Å². The summed E-state index contributed by atoms with van der Waals surface area (Å²) >= 11 is 7.49. The normalized spacial score (nSPS) is 12.7. The predicted octanol–water partition coefficient (Wildman–Crippen LogP) is 3.30. The van der Waals surface area contributed by atoms with Crippen LogP contribution in [-0.4, -0.2) is 9.97 Å². The van der Waals surface area contributed by atoms with Crippen LogP contribution >= 0.6 is 22.9 Å². The molecule has 0 saturated carbocycles. The van der Waals surface area contributed by atoms with Crippen LogP contribution in [0.3, 0.4) is 0 Å². The van der Waals surface area contributed by atoms with E-state index in [1.165, 1.54) is 11.3 Å². The Labute approximate surface area is 91.1 Å². The maximum atomic E-state index is 5.97. The zero-order valence-corrected chi connectivity index (χ0v) is 9.19. The Hall–Kier alpha value is -1.00. The summed E-state index contributed by atoms with van der Waals surface area (Å²) in [5.74, 6) is 0.910. The van der Waals surface area contributed by atoms with Gasteiger partial charge in [0.2, 0.25) is 0 Å². The highest BCUT2D eigenvalue weighted by Gasteiger charge is 2.09. The second kappa shape index (κ2) is 4.02. The number of H-pyrrole nitrogens is 1. The Bertz CT molecular complexity index is 396. The molecule has 3 nitrogen and oxygen atoms in total. The van der Waals surface area contributed by atoms with E-state index in [4.69, 9.17) is 11.6 Å². The summed E-state index contributed by atoms with van der Waals surface area (Å²) in [5, 5.41) is 5.24. The number of nitrogens with one attached hydrogen (secondary N) is 2. The fourth-order valence-corrected chi connectivity index (χ4v) is 2.06. The molecule has 2 N–H and O–H groups in total. The number of hydrogen-bond acceptors (Lipinski definition) is 3. The van der Waals surface area contributed by atoms with Crippen molar-refractivity contribution in [2.45, 2.75) is 13.0 Å². The number of nitrogens with zero attached hydrogens (tertiary/aromatic N) is 1. The lowest BCUT2D eigenvalue weighted by Gasteiger charge is -2.11. The quantitative estimate of drug-likeness (QED) is 0.845. The summed E-state index contributed by atoms with van der Waals surface area (Å²) in [7, 11) is 0. The van der Waals surface area contributed by atoms with E-state index in [-0.39, 0.29) is 6.04 Å². The van der Waals surface area contributed by atoms with Crippen LogP contribution in [0.2, 0.25) is 4.34 Å². The Morgan fingerprint density at radius 1 is 1.64 bits per heavy atom. The van der Waals surface area contributed by atoms with Crippen LogP contribution in [-0.2, 0) is 0 Å². The Kier molecular flexibility index (Phi) is 2.74. The highest BCUT2D eigenvalue weighted by atomic mass is 35.5. The minimum Gasteiger partial charge on any atom is -0.374 e. The van der Waals surface area contributed by atoms with Crippen LogP contribution in [0.15, 0.2) is 23.8 Å². The number of aromatic nitrogens is 2. The van der Waals surface area contributed by atoms with Crippen molar-refractivity contribution in [1.29, 1.82) is 0 Å². The highest BCUT2D eigenvalue weighted by Crippen LogP contribution is 2.30. The predicted molar refractivity (Wildman–Crippen MR) is 60.0 cm³/mol. The molecule has 14 heavy (non-hydrogen) atoms. The van der Waals surface area contributed by atoms with Crippen LogP contribution in [0.5, 0.6) is 0 Å². The lowest BCUT2D eigenvalue weighted by molar-refractivity contribution is 0.811. The van der Waals surface area contributed by atoms with Gasteiger partial charge in [-0.3, -0.25) is 0 Å². The number of thiophene rings is 1. The molecule has 0 spiro atoms. The van der Waals surface area contributed by atoms with Gasteiger partial charge in [-0.2, -0.15) is 0 Å². The molecule has 0 radical (unpaired) electrons. The SMILES string of the molecule is CC(Nc1ccsc1Cl)c1ncc[nH]1. The van der Waals surface area contributed by atoms with Crippen molar-refractivity contribution in [3.8, 4) is 0 Å². The molecule has 0 aliphatic rings. The summed E-state index contributed by atoms with van der Waals surface area (Å²) in [6, 6.07) is 2.10. The summed E-state index contributed by atoms with van der Waals surface area (Å²) in [6.45, 7) is 2.03. The number of rotatable bonds is 3. The van der Waals surface area contributed by atoms with Crippen molar-refractivity contribution in [3.05, 3.63) is 34.0 Å². The monoisotopic (exact) mass is 227 g/mol. The van der Waals surface area contributed by atoms with Gasteiger partial charge in [0.15, 0.2) is 0 Å². The summed E-state index contributed by atoms with van der Waals surface area (Å²) in [6.07, 6.45) is 3.55. The molecule has 1 atom stereocenters. The lowest BCUT2D eigenvalue weighted by Crippen LogP contribution is -2.07. The smallest absolute Gasteiger partial charge is 0.128 e. The van der Waals surface area contributed by atoms with E-state index in [1.807, 2.05) is 24.6 Å². The zero-order valence-electron chi connectivity index (χ0n) is 7.62. The largest absolute Gasteiger partial charge is 0.374 e. The van der Waals surface area contributed by atoms with Gasteiger partial charge in [0.25, 0.3) is 0 Å². The molecular formula is C9H10ClN3S. The van der Waals surface area contributed by atoms with Gasteiger partial charge in [-0.15, -0.1) is 11.3 Å². The standard InChI is InChI=1S/C9H10ClN3S/c1-6(9-11-3-4-12-9)13-7-2-5-14-8(7)10/h2-6,13H,1H3,(H,11,12). The van der Waals surface area contributed by atoms with E-state index in [1.54, 1.807) is 6.20 Å². The number of anilines is 1. The van der Waals surface area contributed by atoms with Gasteiger partial charge in [0.05, 0.1) is 11.7 Å². The van der Waals surface area contributed by atoms with Crippen molar-refractivity contribution in [3.63, 3.8) is 0 Å². The Morgan fingerprint density at radius 2 is 2.50 bits per heavy atom. The van der Waals surface area contributed by atoms with E-state index in [9.17, 15) is 0 Å². The van der Waals surface area contributed by atoms with Crippen LogP contribution in [0.1, 0.15) is 18.8 Å². The van der Waals surface area contributed by atoms with Gasteiger partial charge in [-0.05, 0) is 18.4 Å². The molecule has 0 saturated heterocycles. The topological polar surface area (TPSA) is 40.7 Å². The molecule has 74 valence electrons. The molecule has 0 aliphatic heterocycles. The molecule has 2 heterocycles. The van der Waals surface area contributed by atoms with Gasteiger partial charge < -0.3 is 10.3 Å². The first-order valence-corrected chi connectivity index (χ1v) is 5.52. The third-order valence-corrected chi connectivity index (χ3v) is 3.09. The van der Waals surface area contributed by atoms with Gasteiger partial charge in [-0.25, -0.2) is 4.98 Å². The minimum atomic E-state index is 0.136. The van der Waals surface area contributed by atoms with Crippen LogP contribution in [0, 0.1) is 0 Å². The number of imidazole rings is 1. The van der Waals surface area contributed by atoms with Crippen molar-refractivity contribution in [2.75, 3.05) is 5.32 Å². The average Bonchev–Trinajstić information content (AvgIpc) is 2.77. The van der Waals surface area contributed by atoms with E-state index in [0.717, 1.165) is 15.8 Å². The molecule has 0 aliphatic carbocycles. The molecule has 1 unspecified atom stereocenters. The van der Waals surface area contributed by atoms with E-state index in [0.29, 0.717) is 0 Å². The van der Waals surface area contributed by atoms with Gasteiger partial charge >= 0.3 is 0 Å². The average molecular weight is 228 g/mol. The fourth-order valence-electron chi connectivity index (χ4n) is 1.21. The second-order valence-corrected chi connectivity index (χ2v) is 4.47. The van der Waals surface area contributed by atoms with E-state index < -0.39 is 0 Å². The van der Waals surface area contributed by atoms with Crippen LogP contribution in [0.25, 0.3) is 0 Å². The fraction of sp³-hybridized carbons (Fsp3) is 0.222. The second-order valence-electron chi connectivity index (χ2n) is 2.95. The lowest BCUT2D eigenvalue weighted by atomic mass is 10.3. The molecular weight excluding hydrogens is 218 g/mol. The van der Waals surface area contributed by atoms with Crippen molar-refractivity contribution < 1.29 is 0 Å². The molecule has 5 heteroatoms. The number of aromatic amines is 1. The molecule has 0 aromatic carbocycles. The Balaban J connectivity index is 2.09. The Morgan fingerprint density at radius 3 is 3.07 bits per heavy atom. The minimum absolute atomic E-state index is 0.136. The zero-order chi connectivity index (χ0) is 9.97. The van der Waals surface area contributed by atoms with Gasteiger partial charge in [0.1, 0.15) is 10.2 Å². The molecule has 0 amide bonds. The van der Waals surface area contributed by atoms with E-state index in [2.05, 4.69) is 15.3 Å². The molecule has 0 fully saturated rings. The molecule has 2 aromatic rings. The molecule has 0 bridgehead atoms. The first-order chi connectivity index (χ1) is 6.77. The molecule has 2 rings (SSSR count). The highest BCUT2D eigenvalue weighted by molar-refractivity contribution is 7.15. The third-order valence-electron chi connectivity index (χ3n) is 1.92. The van der Waals surface area contributed by atoms with E-state index >= 15 is 0 Å². The number of hydrogen-bond donors (Lipinski definition) is 2. The van der Waals surface area contributed by atoms with Crippen molar-refractivity contribution in [1.82, 2.24) is 9.97 Å². The first kappa shape index (κ1) is 9.55. The van der Waals surface area contributed by atoms with Gasteiger partial charge in [-0.1, -0.05) is 11.6 Å². The van der Waals surface area contributed by atoms with Crippen LogP contribution < -0.4 is 5.32 Å².